The van der Waals surface area contributed by atoms with Crippen LogP contribution in [-0.4, -0.2) is 49.2 Å². The van der Waals surface area contributed by atoms with Crippen LogP contribution in [0, 0.1) is 11.3 Å². The summed E-state index contributed by atoms with van der Waals surface area (Å²) in [5.74, 6) is 1.39. The van der Waals surface area contributed by atoms with Crippen molar-refractivity contribution in [3.8, 4) is 11.8 Å². The van der Waals surface area contributed by atoms with E-state index >= 15 is 0 Å². The minimum atomic E-state index is -0.140. The second-order valence-electron chi connectivity index (χ2n) is 7.84. The Morgan fingerprint density at radius 2 is 2.03 bits per heavy atom. The van der Waals surface area contributed by atoms with Crippen LogP contribution in [0.25, 0.3) is 10.9 Å². The highest BCUT2D eigenvalue weighted by Gasteiger charge is 2.22. The van der Waals surface area contributed by atoms with Crippen molar-refractivity contribution in [3.63, 3.8) is 0 Å². The molecule has 4 rings (SSSR count). The summed E-state index contributed by atoms with van der Waals surface area (Å²) in [5, 5.41) is 13.7. The van der Waals surface area contributed by atoms with E-state index in [0.717, 1.165) is 30.3 Å². The maximum absolute atomic E-state index is 12.8. The first-order valence-electron chi connectivity index (χ1n) is 10.9. The second-order valence-corrected chi connectivity index (χ2v) is 7.84. The molecule has 0 spiro atoms. The van der Waals surface area contributed by atoms with Crippen molar-refractivity contribution in [1.29, 1.82) is 5.26 Å². The molecule has 7 heteroatoms. The number of hydrogen-bond acceptors (Lipinski definition) is 5. The molecule has 2 heterocycles. The summed E-state index contributed by atoms with van der Waals surface area (Å²) in [4.78, 5) is 21.5. The Balaban J connectivity index is 1.49. The van der Waals surface area contributed by atoms with E-state index in [2.05, 4.69) is 35.3 Å². The summed E-state index contributed by atoms with van der Waals surface area (Å²) in [6, 6.07) is 17.6. The summed E-state index contributed by atoms with van der Waals surface area (Å²) >= 11 is 0. The Hall–Kier alpha value is -3.79. The number of ether oxygens (including phenoxy) is 1. The molecule has 32 heavy (non-hydrogen) atoms. The van der Waals surface area contributed by atoms with E-state index < -0.39 is 0 Å². The van der Waals surface area contributed by atoms with Gasteiger partial charge in [0.05, 0.1) is 18.2 Å². The highest BCUT2D eigenvalue weighted by Crippen LogP contribution is 2.25. The SMILES string of the molecule is CCc1ccc2nc(N3CCCN(C(=O)Nc4cccc(OC)c4)CC3)c(C#N)cc2c1. The van der Waals surface area contributed by atoms with Gasteiger partial charge < -0.3 is 19.9 Å². The van der Waals surface area contributed by atoms with Gasteiger partial charge in [-0.2, -0.15) is 5.26 Å². The number of benzene rings is 2. The predicted molar refractivity (Wildman–Crippen MR) is 126 cm³/mol. The Kier molecular flexibility index (Phi) is 6.41. The Bertz CT molecular complexity index is 1170. The van der Waals surface area contributed by atoms with Gasteiger partial charge in [0.2, 0.25) is 0 Å². The number of nitrogens with one attached hydrogen (secondary N) is 1. The monoisotopic (exact) mass is 429 g/mol. The number of aromatic nitrogens is 1. The summed E-state index contributed by atoms with van der Waals surface area (Å²) in [5.41, 5.74) is 3.38. The lowest BCUT2D eigenvalue weighted by Gasteiger charge is -2.24. The number of pyridine rings is 1. The molecule has 0 unspecified atom stereocenters. The highest BCUT2D eigenvalue weighted by molar-refractivity contribution is 5.89. The van der Waals surface area contributed by atoms with E-state index in [4.69, 9.17) is 9.72 Å². The number of aryl methyl sites for hydroxylation is 1. The van der Waals surface area contributed by atoms with Gasteiger partial charge in [0.1, 0.15) is 17.6 Å². The van der Waals surface area contributed by atoms with Crippen LogP contribution in [0.5, 0.6) is 5.75 Å². The van der Waals surface area contributed by atoms with Crippen LogP contribution in [0.1, 0.15) is 24.5 Å². The van der Waals surface area contributed by atoms with E-state index in [1.807, 2.05) is 30.3 Å². The fourth-order valence-corrected chi connectivity index (χ4v) is 3.99. The van der Waals surface area contributed by atoms with Gasteiger partial charge in [0.25, 0.3) is 0 Å². The minimum Gasteiger partial charge on any atom is -0.497 e. The van der Waals surface area contributed by atoms with Crippen LogP contribution in [-0.2, 0) is 6.42 Å². The average Bonchev–Trinajstić information content (AvgIpc) is 3.09. The molecule has 0 saturated carbocycles. The molecule has 0 radical (unpaired) electrons. The number of anilines is 2. The minimum absolute atomic E-state index is 0.140. The van der Waals surface area contributed by atoms with Gasteiger partial charge in [-0.05, 0) is 48.7 Å². The molecule has 2 aromatic carbocycles. The zero-order valence-electron chi connectivity index (χ0n) is 18.5. The predicted octanol–water partition coefficient (Wildman–Crippen LogP) is 4.42. The molecule has 1 aliphatic heterocycles. The van der Waals surface area contributed by atoms with Crippen LogP contribution < -0.4 is 15.0 Å². The largest absolute Gasteiger partial charge is 0.497 e. The van der Waals surface area contributed by atoms with E-state index in [-0.39, 0.29) is 6.03 Å². The van der Waals surface area contributed by atoms with Crippen LogP contribution >= 0.6 is 0 Å². The maximum atomic E-state index is 12.8. The van der Waals surface area contributed by atoms with Crippen molar-refractivity contribution >= 4 is 28.4 Å². The summed E-state index contributed by atoms with van der Waals surface area (Å²) in [6.45, 7) is 4.66. The molecule has 0 atom stereocenters. The second kappa shape index (κ2) is 9.56. The van der Waals surface area contributed by atoms with E-state index in [0.29, 0.717) is 42.5 Å². The number of nitrogens with zero attached hydrogens (tertiary/aromatic N) is 4. The van der Waals surface area contributed by atoms with Gasteiger partial charge >= 0.3 is 6.03 Å². The fraction of sp³-hybridized carbons (Fsp3) is 0.320. The molecule has 2 amide bonds. The number of amides is 2. The van der Waals surface area contributed by atoms with Gasteiger partial charge in [-0.25, -0.2) is 9.78 Å². The van der Waals surface area contributed by atoms with Gasteiger partial charge in [0, 0.05) is 43.3 Å². The van der Waals surface area contributed by atoms with Crippen LogP contribution in [0.2, 0.25) is 0 Å². The highest BCUT2D eigenvalue weighted by atomic mass is 16.5. The maximum Gasteiger partial charge on any atom is 0.321 e. The van der Waals surface area contributed by atoms with Crippen molar-refractivity contribution in [2.75, 3.05) is 43.5 Å². The number of carbonyl (C=O) groups excluding carboxylic acids is 1. The number of hydrogen-bond donors (Lipinski definition) is 1. The molecule has 7 nitrogen and oxygen atoms in total. The molecule has 1 saturated heterocycles. The van der Waals surface area contributed by atoms with Crippen LogP contribution in [0.4, 0.5) is 16.3 Å². The van der Waals surface area contributed by atoms with Gasteiger partial charge in [-0.1, -0.05) is 19.1 Å². The third-order valence-corrected chi connectivity index (χ3v) is 5.79. The molecule has 3 aromatic rings. The van der Waals surface area contributed by atoms with E-state index in [1.54, 1.807) is 18.1 Å². The number of rotatable bonds is 4. The number of carbonyl (C=O) groups is 1. The number of methoxy groups -OCH3 is 1. The third-order valence-electron chi connectivity index (χ3n) is 5.79. The number of fused-ring (bicyclic) bond motifs is 1. The molecule has 164 valence electrons. The number of nitriles is 1. The molecular formula is C25H27N5O2. The van der Waals surface area contributed by atoms with Crippen molar-refractivity contribution in [1.82, 2.24) is 9.88 Å². The first-order chi connectivity index (χ1) is 15.6. The lowest BCUT2D eigenvalue weighted by atomic mass is 10.1. The molecular weight excluding hydrogens is 402 g/mol. The zero-order valence-corrected chi connectivity index (χ0v) is 18.5. The molecule has 1 fully saturated rings. The smallest absolute Gasteiger partial charge is 0.321 e. The first-order valence-corrected chi connectivity index (χ1v) is 10.9. The van der Waals surface area contributed by atoms with E-state index in [1.165, 1.54) is 5.56 Å². The molecule has 0 aliphatic carbocycles. The first kappa shape index (κ1) is 21.4. The van der Waals surface area contributed by atoms with Crippen molar-refractivity contribution < 1.29 is 9.53 Å². The lowest BCUT2D eigenvalue weighted by Crippen LogP contribution is -2.38. The quantitative estimate of drug-likeness (QED) is 0.664. The van der Waals surface area contributed by atoms with Crippen molar-refractivity contribution in [2.24, 2.45) is 0 Å². The van der Waals surface area contributed by atoms with E-state index in [9.17, 15) is 10.1 Å². The van der Waals surface area contributed by atoms with Crippen LogP contribution in [0.15, 0.2) is 48.5 Å². The Labute approximate surface area is 188 Å². The Morgan fingerprint density at radius 3 is 2.81 bits per heavy atom. The van der Waals surface area contributed by atoms with Crippen LogP contribution in [0.3, 0.4) is 0 Å². The normalized spacial score (nSPS) is 14.0. The Morgan fingerprint density at radius 1 is 1.16 bits per heavy atom. The summed E-state index contributed by atoms with van der Waals surface area (Å²) in [7, 11) is 1.60. The standard InChI is InChI=1S/C25H27N5O2/c1-3-18-8-9-23-19(14-18)15-20(17-26)24(28-23)29-10-5-11-30(13-12-29)25(31)27-21-6-4-7-22(16-21)32-2/h4,6-9,14-16H,3,5,10-13H2,1-2H3,(H,27,31). The summed E-state index contributed by atoms with van der Waals surface area (Å²) in [6.07, 6.45) is 1.74. The van der Waals surface area contributed by atoms with Gasteiger partial charge in [-0.15, -0.1) is 0 Å². The van der Waals surface area contributed by atoms with Crippen molar-refractivity contribution in [2.45, 2.75) is 19.8 Å². The topological polar surface area (TPSA) is 81.5 Å². The number of urea groups is 1. The zero-order chi connectivity index (χ0) is 22.5. The van der Waals surface area contributed by atoms with Gasteiger partial charge in [-0.3, -0.25) is 0 Å². The van der Waals surface area contributed by atoms with Crippen molar-refractivity contribution in [3.05, 3.63) is 59.7 Å². The van der Waals surface area contributed by atoms with Gasteiger partial charge in [0.15, 0.2) is 0 Å². The average molecular weight is 430 g/mol. The lowest BCUT2D eigenvalue weighted by molar-refractivity contribution is 0.215. The fourth-order valence-electron chi connectivity index (χ4n) is 3.99. The molecule has 1 aliphatic rings. The molecule has 1 N–H and O–H groups in total. The third kappa shape index (κ3) is 4.59. The molecule has 1 aromatic heterocycles. The summed E-state index contributed by atoms with van der Waals surface area (Å²) < 4.78 is 5.23. The molecule has 0 bridgehead atoms.